The van der Waals surface area contributed by atoms with Crippen molar-refractivity contribution in [3.8, 4) is 0 Å². The van der Waals surface area contributed by atoms with Crippen LogP contribution in [0.25, 0.3) is 0 Å². The minimum absolute atomic E-state index is 0.0634. The lowest BCUT2D eigenvalue weighted by atomic mass is 9.58. The van der Waals surface area contributed by atoms with E-state index in [1.54, 1.807) is 16.7 Å². The van der Waals surface area contributed by atoms with Gasteiger partial charge < -0.3 is 9.80 Å². The highest BCUT2D eigenvalue weighted by Gasteiger charge is 2.48. The average molecular weight is 507 g/mol. The van der Waals surface area contributed by atoms with E-state index in [2.05, 4.69) is 128 Å². The minimum Gasteiger partial charge on any atom is -0.321 e. The molecule has 38 heavy (non-hydrogen) atoms. The maximum absolute atomic E-state index is 2.63. The standard InChI is InChI=1S/C36H46N2/c1-22(2)24-18-25(23(3)4)20-26(19-24)37-21-38-29-15-14-27-31(35(7,8)17-16-34(27,5)6)32(29)36(9,10)28-12-11-13-30(37)33(28)38/h11-15,18-20,22-23H,16-17,21H2,1-10H3. The maximum atomic E-state index is 2.63. The van der Waals surface area contributed by atoms with E-state index in [9.17, 15) is 0 Å². The second kappa shape index (κ2) is 8.13. The number of benzene rings is 3. The Hall–Kier alpha value is -2.74. The van der Waals surface area contributed by atoms with Crippen molar-refractivity contribution in [1.29, 1.82) is 0 Å². The molecule has 0 unspecified atom stereocenters. The molecule has 0 aromatic heterocycles. The van der Waals surface area contributed by atoms with Crippen molar-refractivity contribution in [2.45, 2.75) is 110 Å². The van der Waals surface area contributed by atoms with Crippen LogP contribution >= 0.6 is 0 Å². The molecule has 0 amide bonds. The molecular weight excluding hydrogens is 460 g/mol. The van der Waals surface area contributed by atoms with Crippen LogP contribution in [0.5, 0.6) is 0 Å². The van der Waals surface area contributed by atoms with Gasteiger partial charge in [0, 0.05) is 16.8 Å². The summed E-state index contributed by atoms with van der Waals surface area (Å²) in [5.41, 5.74) is 14.8. The highest BCUT2D eigenvalue weighted by Crippen LogP contribution is 2.60. The monoisotopic (exact) mass is 506 g/mol. The van der Waals surface area contributed by atoms with Crippen LogP contribution in [0.1, 0.15) is 127 Å². The predicted molar refractivity (Wildman–Crippen MR) is 164 cm³/mol. The number of anilines is 4. The average Bonchev–Trinajstić information content (AvgIpc) is 3.25. The first-order chi connectivity index (χ1) is 17.7. The maximum Gasteiger partial charge on any atom is 0.100 e. The van der Waals surface area contributed by atoms with E-state index in [0.29, 0.717) is 11.8 Å². The first-order valence-electron chi connectivity index (χ1n) is 14.8. The summed E-state index contributed by atoms with van der Waals surface area (Å²) in [7, 11) is 0. The third-order valence-corrected chi connectivity index (χ3v) is 10.0. The number of hydrogen-bond donors (Lipinski definition) is 0. The van der Waals surface area contributed by atoms with Gasteiger partial charge in [-0.3, -0.25) is 0 Å². The van der Waals surface area contributed by atoms with Crippen LogP contribution in [0.15, 0.2) is 48.5 Å². The van der Waals surface area contributed by atoms with Gasteiger partial charge in [-0.2, -0.15) is 0 Å². The first-order valence-corrected chi connectivity index (χ1v) is 14.8. The molecule has 0 radical (unpaired) electrons. The van der Waals surface area contributed by atoms with Crippen molar-refractivity contribution in [3.63, 3.8) is 0 Å². The van der Waals surface area contributed by atoms with Crippen LogP contribution < -0.4 is 9.80 Å². The van der Waals surface area contributed by atoms with Crippen LogP contribution in [0.4, 0.5) is 22.7 Å². The summed E-state index contributed by atoms with van der Waals surface area (Å²) < 4.78 is 0. The summed E-state index contributed by atoms with van der Waals surface area (Å²) in [5, 5.41) is 0. The highest BCUT2D eigenvalue weighted by atomic mass is 15.4. The molecule has 0 fully saturated rings. The SMILES string of the molecule is CC(C)c1cc(C(C)C)cc(N2CN3c4ccc5c(c4C(C)(C)c4cccc2c43)C(C)(C)CCC5(C)C)c1. The van der Waals surface area contributed by atoms with Crippen molar-refractivity contribution in [3.05, 3.63) is 81.9 Å². The molecule has 3 aromatic carbocycles. The van der Waals surface area contributed by atoms with Crippen LogP contribution in [0.3, 0.4) is 0 Å². The lowest BCUT2D eigenvalue weighted by molar-refractivity contribution is 0.326. The second-order valence-electron chi connectivity index (χ2n) is 14.6. The number of hydrogen-bond acceptors (Lipinski definition) is 2. The van der Waals surface area contributed by atoms with E-state index in [-0.39, 0.29) is 16.2 Å². The van der Waals surface area contributed by atoms with Crippen molar-refractivity contribution in [2.75, 3.05) is 16.5 Å². The molecule has 0 saturated carbocycles. The molecule has 0 bridgehead atoms. The third kappa shape index (κ3) is 3.51. The van der Waals surface area contributed by atoms with Crippen molar-refractivity contribution in [1.82, 2.24) is 0 Å². The lowest BCUT2D eigenvalue weighted by Crippen LogP contribution is -2.40. The van der Waals surface area contributed by atoms with E-state index < -0.39 is 0 Å². The Morgan fingerprint density at radius 3 is 1.89 bits per heavy atom. The zero-order chi connectivity index (χ0) is 27.4. The largest absolute Gasteiger partial charge is 0.321 e. The smallest absolute Gasteiger partial charge is 0.100 e. The molecule has 6 rings (SSSR count). The Morgan fingerprint density at radius 1 is 0.632 bits per heavy atom. The molecule has 0 spiro atoms. The summed E-state index contributed by atoms with van der Waals surface area (Å²) in [6.45, 7) is 24.9. The van der Waals surface area contributed by atoms with Gasteiger partial charge >= 0.3 is 0 Å². The molecule has 200 valence electrons. The summed E-state index contributed by atoms with van der Waals surface area (Å²) in [6.07, 6.45) is 2.48. The van der Waals surface area contributed by atoms with Crippen LogP contribution in [0, 0.1) is 0 Å². The zero-order valence-electron chi connectivity index (χ0n) is 25.3. The van der Waals surface area contributed by atoms with Crippen LogP contribution in [-0.4, -0.2) is 6.67 Å². The molecule has 2 heteroatoms. The van der Waals surface area contributed by atoms with Gasteiger partial charge in [-0.05, 0) is 93.2 Å². The second-order valence-corrected chi connectivity index (χ2v) is 14.6. The fourth-order valence-corrected chi connectivity index (χ4v) is 7.46. The minimum atomic E-state index is -0.0634. The van der Waals surface area contributed by atoms with Gasteiger partial charge in [-0.25, -0.2) is 0 Å². The Balaban J connectivity index is 1.59. The van der Waals surface area contributed by atoms with Gasteiger partial charge in [-0.15, -0.1) is 0 Å². The lowest BCUT2D eigenvalue weighted by Gasteiger charge is -2.49. The molecule has 2 nitrogen and oxygen atoms in total. The van der Waals surface area contributed by atoms with E-state index in [1.165, 1.54) is 52.3 Å². The van der Waals surface area contributed by atoms with Gasteiger partial charge in [0.15, 0.2) is 0 Å². The van der Waals surface area contributed by atoms with Gasteiger partial charge in [0.1, 0.15) is 6.67 Å². The topological polar surface area (TPSA) is 6.48 Å². The fraction of sp³-hybridized carbons (Fsp3) is 0.500. The Morgan fingerprint density at radius 2 is 1.26 bits per heavy atom. The van der Waals surface area contributed by atoms with Gasteiger partial charge in [-0.1, -0.05) is 93.5 Å². The molecule has 2 heterocycles. The van der Waals surface area contributed by atoms with E-state index in [4.69, 9.17) is 0 Å². The summed E-state index contributed by atoms with van der Waals surface area (Å²) in [5.74, 6) is 1.01. The number of para-hydroxylation sites is 1. The third-order valence-electron chi connectivity index (χ3n) is 10.0. The molecule has 0 atom stereocenters. The Bertz CT molecular complexity index is 1410. The quantitative estimate of drug-likeness (QED) is 0.349. The molecule has 0 N–H and O–H groups in total. The highest BCUT2D eigenvalue weighted by molar-refractivity contribution is 5.94. The molecule has 0 saturated heterocycles. The Kier molecular flexibility index (Phi) is 5.47. The van der Waals surface area contributed by atoms with Gasteiger partial charge in [0.05, 0.1) is 11.4 Å². The van der Waals surface area contributed by atoms with Crippen LogP contribution in [-0.2, 0) is 16.2 Å². The van der Waals surface area contributed by atoms with Gasteiger partial charge in [0.25, 0.3) is 0 Å². The van der Waals surface area contributed by atoms with E-state index >= 15 is 0 Å². The number of rotatable bonds is 3. The molecule has 2 aliphatic heterocycles. The molecular formula is C36H46N2. The summed E-state index contributed by atoms with van der Waals surface area (Å²) in [4.78, 5) is 5.19. The van der Waals surface area contributed by atoms with E-state index in [0.717, 1.165) is 6.67 Å². The summed E-state index contributed by atoms with van der Waals surface area (Å²) in [6, 6.07) is 19.2. The van der Waals surface area contributed by atoms with Gasteiger partial charge in [0.2, 0.25) is 0 Å². The molecule has 3 aromatic rings. The Labute approximate surface area is 231 Å². The fourth-order valence-electron chi connectivity index (χ4n) is 7.46. The first kappa shape index (κ1) is 25.5. The number of nitrogens with zero attached hydrogens (tertiary/aromatic N) is 2. The number of fused-ring (bicyclic) bond motifs is 4. The molecule has 3 aliphatic rings. The summed E-state index contributed by atoms with van der Waals surface area (Å²) >= 11 is 0. The zero-order valence-corrected chi connectivity index (χ0v) is 25.3. The van der Waals surface area contributed by atoms with E-state index in [1.807, 2.05) is 0 Å². The predicted octanol–water partition coefficient (Wildman–Crippen LogP) is 10.2. The van der Waals surface area contributed by atoms with Crippen molar-refractivity contribution < 1.29 is 0 Å². The van der Waals surface area contributed by atoms with Crippen LogP contribution in [0.2, 0.25) is 0 Å². The van der Waals surface area contributed by atoms with Crippen molar-refractivity contribution in [2.24, 2.45) is 0 Å². The van der Waals surface area contributed by atoms with Crippen molar-refractivity contribution >= 4 is 22.7 Å². The molecule has 1 aliphatic carbocycles. The normalized spacial score (nSPS) is 20.0.